The van der Waals surface area contributed by atoms with Crippen LogP contribution in [0.15, 0.2) is 30.6 Å². The van der Waals surface area contributed by atoms with Crippen molar-refractivity contribution in [1.29, 1.82) is 0 Å². The summed E-state index contributed by atoms with van der Waals surface area (Å²) >= 11 is 8.01. The summed E-state index contributed by atoms with van der Waals surface area (Å²) in [5.41, 5.74) is 1.46. The van der Waals surface area contributed by atoms with Crippen LogP contribution in [0.1, 0.15) is 11.7 Å². The van der Waals surface area contributed by atoms with Gasteiger partial charge in [-0.1, -0.05) is 11.6 Å². The minimum atomic E-state index is -0.747. The van der Waals surface area contributed by atoms with Gasteiger partial charge in [-0.05, 0) is 35.8 Å². The van der Waals surface area contributed by atoms with Crippen molar-refractivity contribution in [2.75, 3.05) is 53.1 Å². The average Bonchev–Trinajstić information content (AvgIpc) is 3.32. The van der Waals surface area contributed by atoms with E-state index in [9.17, 15) is 5.11 Å². The minimum absolute atomic E-state index is 0.0536. The Bertz CT molecular complexity index is 1270. The maximum absolute atomic E-state index is 11.1. The molecule has 0 amide bonds. The lowest BCUT2D eigenvalue weighted by atomic mass is 10.0. The SMILES string of the molecule is COc1ccc2ncc(Cl)c(C(O)CN3CCOC(CNCN4C=c5cnsc5=CC4)C3)c2c1. The Hall–Kier alpha value is -2.27. The molecule has 1 aromatic carbocycles. The highest BCUT2D eigenvalue weighted by atomic mass is 35.5. The number of aromatic nitrogens is 2. The fourth-order valence-electron chi connectivity index (χ4n) is 4.48. The van der Waals surface area contributed by atoms with Crippen molar-refractivity contribution in [2.24, 2.45) is 0 Å². The van der Waals surface area contributed by atoms with Crippen LogP contribution in [-0.2, 0) is 4.74 Å². The van der Waals surface area contributed by atoms with Gasteiger partial charge in [0, 0.05) is 67.5 Å². The molecule has 2 aromatic heterocycles. The molecule has 0 saturated carbocycles. The third-order valence-corrected chi connectivity index (χ3v) is 7.31. The van der Waals surface area contributed by atoms with Crippen LogP contribution in [0.25, 0.3) is 23.2 Å². The highest BCUT2D eigenvalue weighted by molar-refractivity contribution is 7.03. The Morgan fingerprint density at radius 1 is 1.38 bits per heavy atom. The van der Waals surface area contributed by atoms with Crippen molar-refractivity contribution < 1.29 is 14.6 Å². The molecule has 2 N–H and O–H groups in total. The molecule has 3 aromatic rings. The van der Waals surface area contributed by atoms with Crippen molar-refractivity contribution in [3.8, 4) is 5.75 Å². The molecule has 0 bridgehead atoms. The smallest absolute Gasteiger partial charge is 0.119 e. The molecule has 4 heterocycles. The molecule has 1 fully saturated rings. The predicted molar refractivity (Wildman–Crippen MR) is 134 cm³/mol. The number of pyridine rings is 1. The Morgan fingerprint density at radius 3 is 3.18 bits per heavy atom. The van der Waals surface area contributed by atoms with Crippen LogP contribution >= 0.6 is 23.1 Å². The van der Waals surface area contributed by atoms with Gasteiger partial charge in [-0.3, -0.25) is 15.2 Å². The van der Waals surface area contributed by atoms with Gasteiger partial charge in [0.05, 0.1) is 47.7 Å². The van der Waals surface area contributed by atoms with Gasteiger partial charge >= 0.3 is 0 Å². The van der Waals surface area contributed by atoms with E-state index < -0.39 is 6.10 Å². The molecule has 8 nitrogen and oxygen atoms in total. The lowest BCUT2D eigenvalue weighted by molar-refractivity contribution is -0.0399. The summed E-state index contributed by atoms with van der Waals surface area (Å²) in [6, 6.07) is 5.61. The van der Waals surface area contributed by atoms with E-state index in [1.54, 1.807) is 13.3 Å². The molecule has 2 atom stereocenters. The summed E-state index contributed by atoms with van der Waals surface area (Å²) in [5, 5.41) is 17.1. The zero-order chi connectivity index (χ0) is 23.5. The number of benzene rings is 1. The number of fused-ring (bicyclic) bond motifs is 2. The van der Waals surface area contributed by atoms with Crippen molar-refractivity contribution >= 4 is 46.3 Å². The topological polar surface area (TPSA) is 83.0 Å². The monoisotopic (exact) mass is 501 g/mol. The van der Waals surface area contributed by atoms with Crippen LogP contribution in [0.3, 0.4) is 0 Å². The van der Waals surface area contributed by atoms with Crippen molar-refractivity contribution in [3.63, 3.8) is 0 Å². The van der Waals surface area contributed by atoms with E-state index in [0.717, 1.165) is 43.8 Å². The molecule has 10 heteroatoms. The third-order valence-electron chi connectivity index (χ3n) is 6.20. The summed E-state index contributed by atoms with van der Waals surface area (Å²) in [5.74, 6) is 0.706. The molecule has 34 heavy (non-hydrogen) atoms. The van der Waals surface area contributed by atoms with Crippen LogP contribution in [0.2, 0.25) is 5.02 Å². The number of hydrogen-bond acceptors (Lipinski definition) is 9. The molecule has 2 aliphatic rings. The zero-order valence-electron chi connectivity index (χ0n) is 19.0. The molecule has 1 saturated heterocycles. The van der Waals surface area contributed by atoms with Crippen LogP contribution in [0, 0.1) is 0 Å². The van der Waals surface area contributed by atoms with E-state index in [1.165, 1.54) is 21.3 Å². The quantitative estimate of drug-likeness (QED) is 0.476. The van der Waals surface area contributed by atoms with Gasteiger partial charge in [-0.15, -0.1) is 0 Å². The largest absolute Gasteiger partial charge is 0.497 e. The molecule has 0 spiro atoms. The van der Waals surface area contributed by atoms with Crippen LogP contribution in [0.5, 0.6) is 5.75 Å². The number of halogens is 1. The Balaban J connectivity index is 1.18. The zero-order valence-corrected chi connectivity index (χ0v) is 20.6. The number of methoxy groups -OCH3 is 1. The molecule has 2 unspecified atom stereocenters. The summed E-state index contributed by atoms with van der Waals surface area (Å²) in [7, 11) is 1.62. The van der Waals surface area contributed by atoms with E-state index in [2.05, 4.69) is 36.8 Å². The first-order chi connectivity index (χ1) is 16.6. The van der Waals surface area contributed by atoms with Crippen molar-refractivity contribution in [1.82, 2.24) is 24.5 Å². The lowest BCUT2D eigenvalue weighted by Gasteiger charge is -2.35. The summed E-state index contributed by atoms with van der Waals surface area (Å²) in [6.07, 6.45) is 7.17. The highest BCUT2D eigenvalue weighted by Crippen LogP contribution is 2.32. The maximum Gasteiger partial charge on any atom is 0.119 e. The minimum Gasteiger partial charge on any atom is -0.497 e. The number of aliphatic hydroxyl groups is 1. The number of nitrogens with one attached hydrogen (secondary N) is 1. The van der Waals surface area contributed by atoms with Crippen LogP contribution in [0.4, 0.5) is 0 Å². The number of ether oxygens (including phenoxy) is 2. The molecular formula is C24H28ClN5O3S. The first-order valence-electron chi connectivity index (χ1n) is 11.3. The molecular weight excluding hydrogens is 474 g/mol. The number of morpholine rings is 1. The van der Waals surface area contributed by atoms with Gasteiger partial charge in [-0.25, -0.2) is 0 Å². The number of rotatable bonds is 8. The van der Waals surface area contributed by atoms with Gasteiger partial charge < -0.3 is 19.5 Å². The number of hydrogen-bond donors (Lipinski definition) is 2. The maximum atomic E-state index is 11.1. The normalized spacial score (nSPS) is 19.4. The second kappa shape index (κ2) is 10.6. The van der Waals surface area contributed by atoms with Gasteiger partial charge in [0.15, 0.2) is 0 Å². The molecule has 2 aliphatic heterocycles. The van der Waals surface area contributed by atoms with Gasteiger partial charge in [-0.2, -0.15) is 4.37 Å². The van der Waals surface area contributed by atoms with Gasteiger partial charge in [0.1, 0.15) is 5.75 Å². The van der Waals surface area contributed by atoms with Gasteiger partial charge in [0.25, 0.3) is 0 Å². The van der Waals surface area contributed by atoms with E-state index >= 15 is 0 Å². The molecule has 180 valence electrons. The fraction of sp³-hybridized carbons (Fsp3) is 0.417. The van der Waals surface area contributed by atoms with E-state index in [-0.39, 0.29) is 6.10 Å². The van der Waals surface area contributed by atoms with E-state index in [0.29, 0.717) is 29.5 Å². The first-order valence-corrected chi connectivity index (χ1v) is 12.5. The van der Waals surface area contributed by atoms with Crippen LogP contribution in [-0.4, -0.2) is 83.5 Å². The Morgan fingerprint density at radius 2 is 2.29 bits per heavy atom. The third kappa shape index (κ3) is 5.19. The van der Waals surface area contributed by atoms with Gasteiger partial charge in [0.2, 0.25) is 0 Å². The number of β-amino-alcohol motifs (C(OH)–C–C–N with tert-alkyl or cyclic N) is 1. The summed E-state index contributed by atoms with van der Waals surface area (Å²) < 4.78 is 16.8. The van der Waals surface area contributed by atoms with Crippen molar-refractivity contribution in [2.45, 2.75) is 12.2 Å². The second-order valence-electron chi connectivity index (χ2n) is 8.53. The standard InChI is InChI=1S/C24H28ClN5O3S/c1-32-17-2-3-21-19(8-17)24(20(25)11-27-21)22(31)14-29-6-7-33-18(13-29)10-26-15-30-5-4-23-16(12-30)9-28-34-23/h2-4,8-9,11-12,18,22,26,31H,5-7,10,13-15H2,1H3. The molecule has 0 radical (unpaired) electrons. The summed E-state index contributed by atoms with van der Waals surface area (Å²) in [4.78, 5) is 8.85. The first kappa shape index (κ1) is 23.5. The average molecular weight is 502 g/mol. The summed E-state index contributed by atoms with van der Waals surface area (Å²) in [6.45, 7) is 4.96. The molecule has 5 rings (SSSR count). The van der Waals surface area contributed by atoms with E-state index in [1.807, 2.05) is 24.4 Å². The second-order valence-corrected chi connectivity index (χ2v) is 9.77. The van der Waals surface area contributed by atoms with E-state index in [4.69, 9.17) is 21.1 Å². The number of nitrogens with zero attached hydrogens (tertiary/aromatic N) is 4. The van der Waals surface area contributed by atoms with Crippen LogP contribution < -0.4 is 19.8 Å². The number of aliphatic hydroxyl groups excluding tert-OH is 1. The predicted octanol–water partition coefficient (Wildman–Crippen LogP) is 1.17. The fourth-order valence-corrected chi connectivity index (χ4v) is 5.39. The highest BCUT2D eigenvalue weighted by Gasteiger charge is 2.25. The van der Waals surface area contributed by atoms with Crippen molar-refractivity contribution in [3.05, 3.63) is 50.9 Å². The Kier molecular flexibility index (Phi) is 7.29. The molecule has 0 aliphatic carbocycles. The lowest BCUT2D eigenvalue weighted by Crippen LogP contribution is -2.49. The Labute approximate surface area is 207 Å².